The van der Waals surface area contributed by atoms with E-state index in [-0.39, 0.29) is 5.91 Å². The van der Waals surface area contributed by atoms with Gasteiger partial charge in [0, 0.05) is 31.6 Å². The summed E-state index contributed by atoms with van der Waals surface area (Å²) in [6, 6.07) is 11.8. The normalized spacial score (nSPS) is 10.6. The van der Waals surface area contributed by atoms with Gasteiger partial charge in [-0.15, -0.1) is 0 Å². The Morgan fingerprint density at radius 2 is 2.05 bits per heavy atom. The van der Waals surface area contributed by atoms with Crippen molar-refractivity contribution in [3.63, 3.8) is 0 Å². The lowest BCUT2D eigenvalue weighted by Crippen LogP contribution is -2.26. The van der Waals surface area contributed by atoms with Gasteiger partial charge in [0.05, 0.1) is 5.69 Å². The summed E-state index contributed by atoms with van der Waals surface area (Å²) in [5, 5.41) is 10.1. The highest BCUT2D eigenvalue weighted by Gasteiger charge is 2.08. The van der Waals surface area contributed by atoms with Crippen LogP contribution in [0.25, 0.3) is 17.0 Å². The van der Waals surface area contributed by atoms with Crippen molar-refractivity contribution in [1.29, 1.82) is 0 Å². The third-order valence-corrected chi connectivity index (χ3v) is 3.13. The van der Waals surface area contributed by atoms with Crippen LogP contribution < -0.4 is 10.6 Å². The molecule has 3 aromatic rings. The number of hydrogen-bond acceptors (Lipinski definition) is 5. The number of fused-ring (bicyclic) bond motifs is 1. The highest BCUT2D eigenvalue weighted by molar-refractivity contribution is 5.72. The first-order valence-corrected chi connectivity index (χ1v) is 6.98. The summed E-state index contributed by atoms with van der Waals surface area (Å²) in [5.41, 5.74) is 1.83. The highest BCUT2D eigenvalue weighted by Crippen LogP contribution is 2.20. The summed E-state index contributed by atoms with van der Waals surface area (Å²) in [6.07, 6.45) is 1.47. The van der Waals surface area contributed by atoms with Gasteiger partial charge < -0.3 is 10.6 Å². The Kier molecular flexibility index (Phi) is 3.95. The van der Waals surface area contributed by atoms with Crippen molar-refractivity contribution in [2.75, 3.05) is 18.4 Å². The molecule has 0 spiro atoms. The molecule has 2 heterocycles. The summed E-state index contributed by atoms with van der Waals surface area (Å²) in [6.45, 7) is 2.62. The first-order chi connectivity index (χ1) is 10.7. The van der Waals surface area contributed by atoms with E-state index in [0.29, 0.717) is 18.9 Å². The van der Waals surface area contributed by atoms with E-state index in [2.05, 4.69) is 25.7 Å². The molecule has 0 fully saturated rings. The second kappa shape index (κ2) is 6.21. The summed E-state index contributed by atoms with van der Waals surface area (Å²) in [7, 11) is 0. The Morgan fingerprint density at radius 1 is 1.23 bits per heavy atom. The molecule has 0 unspecified atom stereocenters. The fraction of sp³-hybridized carbons (Fsp3) is 0.200. The molecule has 1 amide bonds. The third kappa shape index (κ3) is 3.03. The van der Waals surface area contributed by atoms with Crippen LogP contribution in [-0.4, -0.2) is 38.6 Å². The zero-order valence-corrected chi connectivity index (χ0v) is 12.2. The van der Waals surface area contributed by atoms with Gasteiger partial charge in [-0.2, -0.15) is 14.6 Å². The number of aromatic nitrogens is 4. The molecule has 3 rings (SSSR count). The van der Waals surface area contributed by atoms with Gasteiger partial charge in [-0.25, -0.2) is 4.98 Å². The Labute approximate surface area is 127 Å². The average Bonchev–Trinajstić information content (AvgIpc) is 3.00. The van der Waals surface area contributed by atoms with Crippen molar-refractivity contribution in [1.82, 2.24) is 24.9 Å². The van der Waals surface area contributed by atoms with Gasteiger partial charge in [-0.3, -0.25) is 4.79 Å². The van der Waals surface area contributed by atoms with E-state index in [1.807, 2.05) is 36.4 Å². The summed E-state index contributed by atoms with van der Waals surface area (Å²) >= 11 is 0. The second-order valence-electron chi connectivity index (χ2n) is 4.77. The molecule has 0 aliphatic carbocycles. The SMILES string of the molecule is CC(=O)NCCNc1cc(-c2ccccc2)nc2ncnn12. The van der Waals surface area contributed by atoms with E-state index in [4.69, 9.17) is 0 Å². The van der Waals surface area contributed by atoms with Crippen LogP contribution in [0.3, 0.4) is 0 Å². The van der Waals surface area contributed by atoms with Gasteiger partial charge in [-0.1, -0.05) is 30.3 Å². The van der Waals surface area contributed by atoms with Crippen LogP contribution in [0.1, 0.15) is 6.92 Å². The van der Waals surface area contributed by atoms with Gasteiger partial charge in [-0.05, 0) is 0 Å². The van der Waals surface area contributed by atoms with Crippen molar-refractivity contribution in [2.45, 2.75) is 6.92 Å². The molecule has 1 aromatic carbocycles. The lowest BCUT2D eigenvalue weighted by molar-refractivity contribution is -0.118. The van der Waals surface area contributed by atoms with Crippen molar-refractivity contribution >= 4 is 17.5 Å². The third-order valence-electron chi connectivity index (χ3n) is 3.13. The fourth-order valence-electron chi connectivity index (χ4n) is 2.12. The standard InChI is InChI=1S/C15H16N6O/c1-11(22)16-7-8-17-14-9-13(12-5-3-2-4-6-12)20-15-18-10-19-21(14)15/h2-6,9-10,17H,7-8H2,1H3,(H,16,22). The van der Waals surface area contributed by atoms with Crippen LogP contribution in [-0.2, 0) is 4.79 Å². The van der Waals surface area contributed by atoms with Crippen LogP contribution in [0.2, 0.25) is 0 Å². The molecule has 2 N–H and O–H groups in total. The molecule has 22 heavy (non-hydrogen) atoms. The molecule has 7 heteroatoms. The summed E-state index contributed by atoms with van der Waals surface area (Å²) in [4.78, 5) is 19.5. The lowest BCUT2D eigenvalue weighted by Gasteiger charge is -2.10. The van der Waals surface area contributed by atoms with E-state index >= 15 is 0 Å². The van der Waals surface area contributed by atoms with Crippen molar-refractivity contribution in [3.8, 4) is 11.3 Å². The molecular formula is C15H16N6O. The number of benzene rings is 1. The Balaban J connectivity index is 1.88. The van der Waals surface area contributed by atoms with Crippen molar-refractivity contribution < 1.29 is 4.79 Å². The number of amides is 1. The van der Waals surface area contributed by atoms with Gasteiger partial charge >= 0.3 is 0 Å². The topological polar surface area (TPSA) is 84.2 Å². The fourth-order valence-corrected chi connectivity index (χ4v) is 2.12. The molecule has 7 nitrogen and oxygen atoms in total. The zero-order chi connectivity index (χ0) is 15.4. The number of carbonyl (C=O) groups excluding carboxylic acids is 1. The van der Waals surface area contributed by atoms with Crippen LogP contribution in [0.15, 0.2) is 42.7 Å². The highest BCUT2D eigenvalue weighted by atomic mass is 16.1. The quantitative estimate of drug-likeness (QED) is 0.694. The number of nitrogens with one attached hydrogen (secondary N) is 2. The predicted molar refractivity (Wildman–Crippen MR) is 83.4 cm³/mol. The van der Waals surface area contributed by atoms with Gasteiger partial charge in [0.15, 0.2) is 0 Å². The monoisotopic (exact) mass is 296 g/mol. The minimum atomic E-state index is -0.0487. The minimum Gasteiger partial charge on any atom is -0.368 e. The molecular weight excluding hydrogens is 280 g/mol. The van der Waals surface area contributed by atoms with Crippen molar-refractivity contribution in [3.05, 3.63) is 42.7 Å². The lowest BCUT2D eigenvalue weighted by atomic mass is 10.1. The number of anilines is 1. The number of carbonyl (C=O) groups is 1. The summed E-state index contributed by atoms with van der Waals surface area (Å²) in [5.74, 6) is 1.27. The first-order valence-electron chi connectivity index (χ1n) is 6.98. The van der Waals surface area contributed by atoms with E-state index in [9.17, 15) is 4.79 Å². The Hall–Kier alpha value is -2.96. The second-order valence-corrected chi connectivity index (χ2v) is 4.77. The number of rotatable bonds is 5. The average molecular weight is 296 g/mol. The Morgan fingerprint density at radius 3 is 2.82 bits per heavy atom. The van der Waals surface area contributed by atoms with Crippen LogP contribution in [0.5, 0.6) is 0 Å². The van der Waals surface area contributed by atoms with Crippen LogP contribution in [0.4, 0.5) is 5.82 Å². The van der Waals surface area contributed by atoms with E-state index in [1.165, 1.54) is 13.3 Å². The summed E-state index contributed by atoms with van der Waals surface area (Å²) < 4.78 is 1.64. The van der Waals surface area contributed by atoms with Crippen molar-refractivity contribution in [2.24, 2.45) is 0 Å². The first kappa shape index (κ1) is 14.0. The Bertz CT molecular complexity index is 783. The smallest absolute Gasteiger partial charge is 0.254 e. The van der Waals surface area contributed by atoms with Gasteiger partial charge in [0.25, 0.3) is 5.78 Å². The number of nitrogens with zero attached hydrogens (tertiary/aromatic N) is 4. The maximum absolute atomic E-state index is 10.9. The van der Waals surface area contributed by atoms with Crippen LogP contribution in [0, 0.1) is 0 Å². The molecule has 0 atom stereocenters. The predicted octanol–water partition coefficient (Wildman–Crippen LogP) is 1.34. The molecule has 0 aliphatic rings. The van der Waals surface area contributed by atoms with E-state index in [1.54, 1.807) is 4.52 Å². The maximum atomic E-state index is 10.9. The molecule has 0 saturated heterocycles. The van der Waals surface area contributed by atoms with Crippen LogP contribution >= 0.6 is 0 Å². The molecule has 0 aliphatic heterocycles. The largest absolute Gasteiger partial charge is 0.368 e. The molecule has 0 bridgehead atoms. The molecule has 112 valence electrons. The zero-order valence-electron chi connectivity index (χ0n) is 12.2. The van der Waals surface area contributed by atoms with Gasteiger partial charge in [0.2, 0.25) is 5.91 Å². The van der Waals surface area contributed by atoms with E-state index < -0.39 is 0 Å². The maximum Gasteiger partial charge on any atom is 0.254 e. The number of hydrogen-bond donors (Lipinski definition) is 2. The minimum absolute atomic E-state index is 0.0487. The van der Waals surface area contributed by atoms with E-state index in [0.717, 1.165) is 17.1 Å². The van der Waals surface area contributed by atoms with Gasteiger partial charge in [0.1, 0.15) is 12.1 Å². The molecule has 0 saturated carbocycles. The molecule has 2 aromatic heterocycles. The molecule has 0 radical (unpaired) electrons.